The van der Waals surface area contributed by atoms with Crippen molar-refractivity contribution in [1.82, 2.24) is 25.1 Å². The van der Waals surface area contributed by atoms with Gasteiger partial charge in [-0.3, -0.25) is 10.1 Å². The zero-order valence-corrected chi connectivity index (χ0v) is 6.95. The largest absolute Gasteiger partial charge is 0.495 e. The average Bonchev–Trinajstić information content (AvgIpc) is 2.71. The lowest BCUT2D eigenvalue weighted by atomic mass is 10.4. The van der Waals surface area contributed by atoms with E-state index in [0.29, 0.717) is 11.5 Å². The van der Waals surface area contributed by atoms with Gasteiger partial charge in [-0.2, -0.15) is 5.10 Å². The van der Waals surface area contributed by atoms with Crippen LogP contribution in [0.3, 0.4) is 0 Å². The van der Waals surface area contributed by atoms with Crippen LogP contribution in [0.4, 0.5) is 5.82 Å². The number of nitrogens with zero attached hydrogens (tertiary/aromatic N) is 5. The summed E-state index contributed by atoms with van der Waals surface area (Å²) in [6, 6.07) is 0. The molecule has 0 atom stereocenters. The quantitative estimate of drug-likeness (QED) is 0.672. The minimum atomic E-state index is 0.0711. The summed E-state index contributed by atoms with van der Waals surface area (Å²) in [6.07, 6.45) is 1.32. The average molecular weight is 197 g/mol. The van der Waals surface area contributed by atoms with Crippen molar-refractivity contribution in [1.29, 1.82) is 5.39 Å². The Kier molecular flexibility index (Phi) is 1.68. The second-order valence-corrected chi connectivity index (χ2v) is 2.52. The van der Waals surface area contributed by atoms with Crippen LogP contribution in [0.5, 0.6) is 0 Å². The van der Waals surface area contributed by atoms with Gasteiger partial charge >= 0.3 is 11.1 Å². The summed E-state index contributed by atoms with van der Waals surface area (Å²) in [5, 5.41) is 14.9. The molecule has 0 fully saturated rings. The molecule has 2 rings (SSSR count). The SMILES string of the molecule is N#[N+]c1nc(Cl)[nH]c1-c1ncn[nH]1. The molecule has 0 amide bonds. The summed E-state index contributed by atoms with van der Waals surface area (Å²) < 4.78 is 0. The van der Waals surface area contributed by atoms with Crippen LogP contribution >= 0.6 is 11.6 Å². The van der Waals surface area contributed by atoms with Crippen molar-refractivity contribution in [2.75, 3.05) is 0 Å². The Labute approximate surface area is 76.8 Å². The molecule has 0 aliphatic carbocycles. The minimum absolute atomic E-state index is 0.0711. The van der Waals surface area contributed by atoms with E-state index in [1.54, 1.807) is 0 Å². The molecule has 0 saturated heterocycles. The maximum Gasteiger partial charge on any atom is 0.495 e. The van der Waals surface area contributed by atoms with Crippen LogP contribution in [0.2, 0.25) is 5.28 Å². The molecule has 7 nitrogen and oxygen atoms in total. The van der Waals surface area contributed by atoms with E-state index in [9.17, 15) is 0 Å². The van der Waals surface area contributed by atoms with E-state index in [-0.39, 0.29) is 11.1 Å². The highest BCUT2D eigenvalue weighted by atomic mass is 35.5. The Morgan fingerprint density at radius 2 is 2.38 bits per heavy atom. The van der Waals surface area contributed by atoms with Crippen LogP contribution in [0.15, 0.2) is 6.33 Å². The molecule has 2 heterocycles. The topological polar surface area (TPSA) is 98.4 Å². The predicted molar refractivity (Wildman–Crippen MR) is 43.7 cm³/mol. The number of halogens is 1. The lowest BCUT2D eigenvalue weighted by molar-refractivity contribution is 1.09. The van der Waals surface area contributed by atoms with Crippen LogP contribution < -0.4 is 0 Å². The van der Waals surface area contributed by atoms with Crippen LogP contribution in [-0.2, 0) is 0 Å². The predicted octanol–water partition coefficient (Wildman–Crippen LogP) is 1.33. The lowest BCUT2D eigenvalue weighted by Gasteiger charge is -1.81. The van der Waals surface area contributed by atoms with Gasteiger partial charge in [0.15, 0.2) is 5.82 Å². The van der Waals surface area contributed by atoms with Gasteiger partial charge in [0.1, 0.15) is 6.33 Å². The van der Waals surface area contributed by atoms with Crippen molar-refractivity contribution in [2.24, 2.45) is 0 Å². The Morgan fingerprint density at radius 3 is 3.00 bits per heavy atom. The third-order valence-corrected chi connectivity index (χ3v) is 1.58. The van der Waals surface area contributed by atoms with Gasteiger partial charge in [-0.05, 0) is 11.6 Å². The minimum Gasteiger partial charge on any atom is -0.298 e. The van der Waals surface area contributed by atoms with Crippen LogP contribution in [0, 0.1) is 5.39 Å². The summed E-state index contributed by atoms with van der Waals surface area (Å²) in [6.45, 7) is 0. The summed E-state index contributed by atoms with van der Waals surface area (Å²) in [5.41, 5.74) is 0.394. The van der Waals surface area contributed by atoms with Crippen molar-refractivity contribution < 1.29 is 0 Å². The summed E-state index contributed by atoms with van der Waals surface area (Å²) >= 11 is 5.56. The van der Waals surface area contributed by atoms with Gasteiger partial charge in [0, 0.05) is 9.96 Å². The molecule has 0 spiro atoms. The zero-order chi connectivity index (χ0) is 9.26. The monoisotopic (exact) mass is 196 g/mol. The second-order valence-electron chi connectivity index (χ2n) is 2.16. The standard InChI is InChI=1S/C5H2ClN7/c6-5-10-2(4(11-5)12-7)3-8-1-9-13-3/h1,7H/p+1. The Balaban J connectivity index is 2.59. The first kappa shape index (κ1) is 7.70. The maximum absolute atomic E-state index is 8.55. The first-order valence-electron chi connectivity index (χ1n) is 3.27. The number of hydrogen-bond donors (Lipinski definition) is 2. The van der Waals surface area contributed by atoms with Crippen molar-refractivity contribution in [3.05, 3.63) is 16.6 Å². The summed E-state index contributed by atoms with van der Waals surface area (Å²) in [5.74, 6) is 0.481. The van der Waals surface area contributed by atoms with E-state index in [0.717, 1.165) is 0 Å². The highest BCUT2D eigenvalue weighted by molar-refractivity contribution is 6.28. The number of nitrogens with one attached hydrogen (secondary N) is 2. The van der Waals surface area contributed by atoms with Gasteiger partial charge in [-0.15, -0.1) is 0 Å². The van der Waals surface area contributed by atoms with Crippen LogP contribution in [0.1, 0.15) is 0 Å². The van der Waals surface area contributed by atoms with Gasteiger partial charge in [0.25, 0.3) is 0 Å². The Bertz CT molecular complexity index is 450. The molecule has 2 aromatic rings. The molecule has 64 valence electrons. The third-order valence-electron chi connectivity index (χ3n) is 1.40. The fourth-order valence-corrected chi connectivity index (χ4v) is 1.07. The normalized spacial score (nSPS) is 9.85. The zero-order valence-electron chi connectivity index (χ0n) is 6.19. The third kappa shape index (κ3) is 1.23. The first-order chi connectivity index (χ1) is 6.31. The lowest BCUT2D eigenvalue weighted by Crippen LogP contribution is -1.80. The highest BCUT2D eigenvalue weighted by Crippen LogP contribution is 2.25. The number of aromatic nitrogens is 5. The van der Waals surface area contributed by atoms with Gasteiger partial charge < -0.3 is 0 Å². The molecule has 0 unspecified atom stereocenters. The van der Waals surface area contributed by atoms with Crippen LogP contribution in [0.25, 0.3) is 16.5 Å². The molecular weight excluding hydrogens is 194 g/mol. The van der Waals surface area contributed by atoms with Gasteiger partial charge in [0.2, 0.25) is 5.69 Å². The van der Waals surface area contributed by atoms with Crippen molar-refractivity contribution in [3.8, 4) is 11.5 Å². The van der Waals surface area contributed by atoms with E-state index in [1.807, 2.05) is 0 Å². The summed E-state index contributed by atoms with van der Waals surface area (Å²) in [4.78, 5) is 13.1. The molecule has 0 aliphatic rings. The van der Waals surface area contributed by atoms with Crippen LogP contribution in [-0.4, -0.2) is 25.1 Å². The maximum atomic E-state index is 8.55. The van der Waals surface area contributed by atoms with E-state index in [4.69, 9.17) is 17.0 Å². The molecule has 0 radical (unpaired) electrons. The van der Waals surface area contributed by atoms with Gasteiger partial charge in [0.05, 0.1) is 5.39 Å². The first-order valence-corrected chi connectivity index (χ1v) is 3.65. The Hall–Kier alpha value is -1.94. The Morgan fingerprint density at radius 1 is 1.54 bits per heavy atom. The van der Waals surface area contributed by atoms with Gasteiger partial charge in [-0.25, -0.2) is 4.98 Å². The molecule has 8 heteroatoms. The molecule has 2 N–H and O–H groups in total. The molecule has 0 saturated carbocycles. The smallest absolute Gasteiger partial charge is 0.298 e. The molecule has 0 aliphatic heterocycles. The second kappa shape index (κ2) is 2.84. The van der Waals surface area contributed by atoms with E-state index < -0.39 is 0 Å². The van der Waals surface area contributed by atoms with Crippen molar-refractivity contribution in [3.63, 3.8) is 0 Å². The highest BCUT2D eigenvalue weighted by Gasteiger charge is 2.24. The molecule has 0 bridgehead atoms. The van der Waals surface area contributed by atoms with E-state index in [1.165, 1.54) is 6.33 Å². The molecule has 2 aromatic heterocycles. The number of diazo groups is 1. The molecular formula is C5H3ClN7+. The molecule has 13 heavy (non-hydrogen) atoms. The summed E-state index contributed by atoms with van der Waals surface area (Å²) in [7, 11) is 0. The number of hydrogen-bond acceptors (Lipinski definition) is 4. The number of H-pyrrole nitrogens is 2. The molecule has 0 aromatic carbocycles. The van der Waals surface area contributed by atoms with E-state index in [2.05, 4.69) is 30.1 Å². The fourth-order valence-electron chi connectivity index (χ4n) is 0.899. The van der Waals surface area contributed by atoms with E-state index >= 15 is 0 Å². The van der Waals surface area contributed by atoms with Gasteiger partial charge in [-0.1, -0.05) is 0 Å². The number of rotatable bonds is 1. The fraction of sp³-hybridized carbons (Fsp3) is 0. The number of imidazole rings is 1. The van der Waals surface area contributed by atoms with Crippen molar-refractivity contribution >= 4 is 17.4 Å². The number of aromatic amines is 2. The van der Waals surface area contributed by atoms with Crippen molar-refractivity contribution in [2.45, 2.75) is 0 Å².